The Labute approximate surface area is 129 Å². The fraction of sp³-hybridized carbons (Fsp3) is 0.235. The van der Waals surface area contributed by atoms with Gasteiger partial charge in [-0.2, -0.15) is 0 Å². The van der Waals surface area contributed by atoms with Gasteiger partial charge in [0, 0.05) is 11.4 Å². The van der Waals surface area contributed by atoms with Gasteiger partial charge < -0.3 is 10.6 Å². The topological polar surface area (TPSA) is 46.3 Å². The maximum atomic E-state index is 12.5. The molecule has 2 aromatic carbocycles. The third kappa shape index (κ3) is 2.82. The molecule has 0 bridgehead atoms. The number of carbonyl (C=O) groups is 1. The number of nitrogens with two attached hydrogens (primary N) is 1. The summed E-state index contributed by atoms with van der Waals surface area (Å²) in [5.41, 5.74) is 8.85. The number of rotatable bonds is 3. The van der Waals surface area contributed by atoms with Crippen LogP contribution in [0.2, 0.25) is 0 Å². The number of thioether (sulfide) groups is 1. The number of amides is 1. The fourth-order valence-electron chi connectivity index (χ4n) is 2.49. The van der Waals surface area contributed by atoms with Crippen LogP contribution in [0.3, 0.4) is 0 Å². The minimum atomic E-state index is -0.0387. The van der Waals surface area contributed by atoms with Gasteiger partial charge in [-0.05, 0) is 30.2 Å². The Morgan fingerprint density at radius 3 is 2.48 bits per heavy atom. The second-order valence-corrected chi connectivity index (χ2v) is 6.56. The lowest BCUT2D eigenvalue weighted by molar-refractivity contribution is -0.118. The largest absolute Gasteiger partial charge is 0.326 e. The third-order valence-electron chi connectivity index (χ3n) is 3.67. The number of hydrogen-bond donors (Lipinski definition) is 1. The van der Waals surface area contributed by atoms with Crippen molar-refractivity contribution in [1.29, 1.82) is 0 Å². The lowest BCUT2D eigenvalue weighted by Gasteiger charge is -2.32. The van der Waals surface area contributed by atoms with E-state index in [2.05, 4.69) is 6.07 Å². The Bertz CT molecular complexity index is 654. The zero-order valence-corrected chi connectivity index (χ0v) is 12.8. The van der Waals surface area contributed by atoms with E-state index in [1.54, 1.807) is 11.8 Å². The molecule has 1 amide bonds. The van der Waals surface area contributed by atoms with Crippen LogP contribution >= 0.6 is 11.8 Å². The highest BCUT2D eigenvalue weighted by molar-refractivity contribution is 8.00. The van der Waals surface area contributed by atoms with Crippen LogP contribution in [0, 0.1) is 0 Å². The Morgan fingerprint density at radius 2 is 1.76 bits per heavy atom. The highest BCUT2D eigenvalue weighted by Crippen LogP contribution is 2.39. The molecule has 0 saturated heterocycles. The molecular formula is C17H18N2OS. The number of para-hydroxylation sites is 1. The molecule has 0 aliphatic carbocycles. The van der Waals surface area contributed by atoms with Crippen molar-refractivity contribution in [2.24, 2.45) is 5.73 Å². The average molecular weight is 298 g/mol. The summed E-state index contributed by atoms with van der Waals surface area (Å²) in [5, 5.41) is -0.0387. The second-order valence-electron chi connectivity index (χ2n) is 5.17. The maximum Gasteiger partial charge on any atom is 0.240 e. The van der Waals surface area contributed by atoms with E-state index in [-0.39, 0.29) is 11.2 Å². The quantitative estimate of drug-likeness (QED) is 0.946. The van der Waals surface area contributed by atoms with Gasteiger partial charge in [-0.15, -0.1) is 11.8 Å². The van der Waals surface area contributed by atoms with Crippen LogP contribution in [0.1, 0.15) is 18.1 Å². The molecule has 108 valence electrons. The molecule has 0 aromatic heterocycles. The number of carbonyl (C=O) groups excluding carboxylic acids is 1. The Kier molecular flexibility index (Phi) is 3.99. The SMILES string of the molecule is CC1Sc2ccccc2N(Cc2ccc(CN)cc2)C1=O. The lowest BCUT2D eigenvalue weighted by atomic mass is 10.1. The third-order valence-corrected chi connectivity index (χ3v) is 4.83. The van der Waals surface area contributed by atoms with Gasteiger partial charge in [0.2, 0.25) is 5.91 Å². The number of anilines is 1. The van der Waals surface area contributed by atoms with Gasteiger partial charge >= 0.3 is 0 Å². The molecule has 2 aromatic rings. The van der Waals surface area contributed by atoms with E-state index in [0.717, 1.165) is 16.8 Å². The molecule has 1 unspecified atom stereocenters. The van der Waals surface area contributed by atoms with Crippen molar-refractivity contribution in [2.45, 2.75) is 30.2 Å². The molecule has 0 saturated carbocycles. The van der Waals surface area contributed by atoms with Gasteiger partial charge in [0.1, 0.15) is 0 Å². The van der Waals surface area contributed by atoms with Crippen LogP contribution in [-0.2, 0) is 17.9 Å². The molecule has 0 spiro atoms. The van der Waals surface area contributed by atoms with Crippen LogP contribution in [0.5, 0.6) is 0 Å². The molecule has 3 rings (SSSR count). The first-order chi connectivity index (χ1) is 10.2. The number of benzene rings is 2. The molecule has 0 radical (unpaired) electrons. The van der Waals surface area contributed by atoms with Gasteiger partial charge in [0.05, 0.1) is 17.5 Å². The minimum absolute atomic E-state index is 0.0387. The Hall–Kier alpha value is -1.78. The number of hydrogen-bond acceptors (Lipinski definition) is 3. The van der Waals surface area contributed by atoms with Crippen molar-refractivity contribution in [3.05, 3.63) is 59.7 Å². The van der Waals surface area contributed by atoms with Crippen molar-refractivity contribution >= 4 is 23.4 Å². The molecule has 1 atom stereocenters. The normalized spacial score (nSPS) is 17.7. The summed E-state index contributed by atoms with van der Waals surface area (Å²) in [6, 6.07) is 16.2. The molecule has 1 heterocycles. The van der Waals surface area contributed by atoms with E-state index >= 15 is 0 Å². The highest BCUT2D eigenvalue weighted by atomic mass is 32.2. The summed E-state index contributed by atoms with van der Waals surface area (Å²) in [7, 11) is 0. The summed E-state index contributed by atoms with van der Waals surface area (Å²) >= 11 is 1.63. The standard InChI is InChI=1S/C17H18N2OS/c1-12-17(20)19(15-4-2-3-5-16(15)21-12)11-14-8-6-13(10-18)7-9-14/h2-9,12H,10-11,18H2,1H3. The van der Waals surface area contributed by atoms with Crippen LogP contribution < -0.4 is 10.6 Å². The smallest absolute Gasteiger partial charge is 0.240 e. The summed E-state index contributed by atoms with van der Waals surface area (Å²) in [5.74, 6) is 0.168. The summed E-state index contributed by atoms with van der Waals surface area (Å²) in [6.07, 6.45) is 0. The zero-order chi connectivity index (χ0) is 14.8. The first-order valence-electron chi connectivity index (χ1n) is 7.04. The van der Waals surface area contributed by atoms with E-state index in [9.17, 15) is 4.79 Å². The predicted molar refractivity (Wildman–Crippen MR) is 87.3 cm³/mol. The second kappa shape index (κ2) is 5.92. The summed E-state index contributed by atoms with van der Waals surface area (Å²) < 4.78 is 0. The van der Waals surface area contributed by atoms with Crippen molar-refractivity contribution in [3.8, 4) is 0 Å². The minimum Gasteiger partial charge on any atom is -0.326 e. The van der Waals surface area contributed by atoms with Crippen LogP contribution in [-0.4, -0.2) is 11.2 Å². The van der Waals surface area contributed by atoms with Gasteiger partial charge in [-0.1, -0.05) is 36.4 Å². The molecule has 4 heteroatoms. The van der Waals surface area contributed by atoms with E-state index in [1.165, 1.54) is 4.90 Å². The van der Waals surface area contributed by atoms with Gasteiger partial charge in [-0.3, -0.25) is 4.79 Å². The molecular weight excluding hydrogens is 280 g/mol. The number of nitrogens with zero attached hydrogens (tertiary/aromatic N) is 1. The van der Waals surface area contributed by atoms with Crippen molar-refractivity contribution < 1.29 is 4.79 Å². The Morgan fingerprint density at radius 1 is 1.10 bits per heavy atom. The number of fused-ring (bicyclic) bond motifs is 1. The maximum absolute atomic E-state index is 12.5. The van der Waals surface area contributed by atoms with Gasteiger partial charge in [0.15, 0.2) is 0 Å². The van der Waals surface area contributed by atoms with Crippen LogP contribution in [0.15, 0.2) is 53.4 Å². The first kappa shape index (κ1) is 14.2. The Balaban J connectivity index is 1.90. The molecule has 0 fully saturated rings. The van der Waals surface area contributed by atoms with Crippen molar-refractivity contribution in [1.82, 2.24) is 0 Å². The predicted octanol–water partition coefficient (Wildman–Crippen LogP) is 3.17. The molecule has 3 nitrogen and oxygen atoms in total. The van der Waals surface area contributed by atoms with Gasteiger partial charge in [-0.25, -0.2) is 0 Å². The average Bonchev–Trinajstić information content (AvgIpc) is 2.52. The van der Waals surface area contributed by atoms with E-state index in [1.807, 2.05) is 54.3 Å². The van der Waals surface area contributed by atoms with E-state index < -0.39 is 0 Å². The van der Waals surface area contributed by atoms with Crippen LogP contribution in [0.4, 0.5) is 5.69 Å². The van der Waals surface area contributed by atoms with Crippen molar-refractivity contribution in [3.63, 3.8) is 0 Å². The highest BCUT2D eigenvalue weighted by Gasteiger charge is 2.30. The molecule has 1 aliphatic heterocycles. The van der Waals surface area contributed by atoms with Gasteiger partial charge in [0.25, 0.3) is 0 Å². The zero-order valence-electron chi connectivity index (χ0n) is 12.0. The fourth-order valence-corrected chi connectivity index (χ4v) is 3.55. The molecule has 1 aliphatic rings. The molecule has 2 N–H and O–H groups in total. The summed E-state index contributed by atoms with van der Waals surface area (Å²) in [4.78, 5) is 15.6. The van der Waals surface area contributed by atoms with E-state index in [0.29, 0.717) is 13.1 Å². The summed E-state index contributed by atoms with van der Waals surface area (Å²) in [6.45, 7) is 3.11. The first-order valence-corrected chi connectivity index (χ1v) is 7.92. The van der Waals surface area contributed by atoms with E-state index in [4.69, 9.17) is 5.73 Å². The molecule has 21 heavy (non-hydrogen) atoms. The van der Waals surface area contributed by atoms with Crippen LogP contribution in [0.25, 0.3) is 0 Å². The van der Waals surface area contributed by atoms with Crippen molar-refractivity contribution in [2.75, 3.05) is 4.90 Å². The monoisotopic (exact) mass is 298 g/mol. The lowest BCUT2D eigenvalue weighted by Crippen LogP contribution is -2.39.